The van der Waals surface area contributed by atoms with Gasteiger partial charge in [0, 0.05) is 0 Å². The van der Waals surface area contributed by atoms with Gasteiger partial charge in [-0.1, -0.05) is 39.0 Å². The van der Waals surface area contributed by atoms with E-state index >= 15 is 0 Å². The third kappa shape index (κ3) is 3.75. The topological polar surface area (TPSA) is 75.7 Å². The highest BCUT2D eigenvalue weighted by Crippen LogP contribution is 2.35. The Morgan fingerprint density at radius 1 is 1.15 bits per heavy atom. The van der Waals surface area contributed by atoms with E-state index in [1.807, 2.05) is 30.4 Å². The van der Waals surface area contributed by atoms with Gasteiger partial charge in [0.05, 0.1) is 24.6 Å². The molecule has 2 aliphatic rings. The summed E-state index contributed by atoms with van der Waals surface area (Å²) in [5.74, 6) is -1.02. The molecule has 0 radical (unpaired) electrons. The molecule has 6 heteroatoms. The number of carbonyl (C=O) groups is 3. The van der Waals surface area contributed by atoms with Crippen LogP contribution in [0.4, 0.5) is 5.69 Å². The first-order valence-electron chi connectivity index (χ1n) is 9.21. The van der Waals surface area contributed by atoms with Crippen LogP contribution in [0.25, 0.3) is 0 Å². The Kier molecular flexibility index (Phi) is 5.09. The maximum absolute atomic E-state index is 12.6. The normalized spacial score (nSPS) is 22.0. The number of allylic oxidation sites excluding steroid dienone is 2. The van der Waals surface area contributed by atoms with Gasteiger partial charge >= 0.3 is 0 Å². The Morgan fingerprint density at radius 3 is 2.26 bits per heavy atom. The zero-order valence-corrected chi connectivity index (χ0v) is 16.2. The maximum Gasteiger partial charge on any atom is 0.244 e. The summed E-state index contributed by atoms with van der Waals surface area (Å²) in [6.07, 6.45) is 4.99. The Balaban J connectivity index is 1.75. The van der Waals surface area contributed by atoms with Crippen LogP contribution in [0.1, 0.15) is 39.2 Å². The number of hydrogen-bond acceptors (Lipinski definition) is 4. The number of amides is 3. The summed E-state index contributed by atoms with van der Waals surface area (Å²) in [7, 11) is 1.53. The van der Waals surface area contributed by atoms with Crippen LogP contribution >= 0.6 is 0 Å². The van der Waals surface area contributed by atoms with E-state index in [0.717, 1.165) is 10.5 Å². The second-order valence-corrected chi connectivity index (χ2v) is 8.13. The smallest absolute Gasteiger partial charge is 0.244 e. The second-order valence-electron chi connectivity index (χ2n) is 8.13. The fraction of sp³-hybridized carbons (Fsp3) is 0.476. The van der Waals surface area contributed by atoms with Crippen molar-refractivity contribution in [1.29, 1.82) is 0 Å². The van der Waals surface area contributed by atoms with Gasteiger partial charge in [0.1, 0.15) is 12.3 Å². The van der Waals surface area contributed by atoms with Gasteiger partial charge < -0.3 is 10.1 Å². The second kappa shape index (κ2) is 7.18. The number of rotatable bonds is 4. The van der Waals surface area contributed by atoms with Crippen LogP contribution in [-0.2, 0) is 19.8 Å². The number of nitrogens with one attached hydrogen (secondary N) is 1. The summed E-state index contributed by atoms with van der Waals surface area (Å²) in [6.45, 7) is 5.97. The first-order chi connectivity index (χ1) is 12.7. The summed E-state index contributed by atoms with van der Waals surface area (Å²) in [6, 6.07) is 5.64. The Labute approximate surface area is 159 Å². The number of fused-ring (bicyclic) bond motifs is 1. The zero-order chi connectivity index (χ0) is 19.8. The molecule has 1 saturated heterocycles. The van der Waals surface area contributed by atoms with E-state index in [9.17, 15) is 14.4 Å². The van der Waals surface area contributed by atoms with E-state index in [1.54, 1.807) is 0 Å². The molecule has 1 aromatic carbocycles. The van der Waals surface area contributed by atoms with Crippen LogP contribution in [0.15, 0.2) is 30.4 Å². The molecule has 2 atom stereocenters. The van der Waals surface area contributed by atoms with E-state index < -0.39 is 5.91 Å². The van der Waals surface area contributed by atoms with Crippen molar-refractivity contribution in [3.05, 3.63) is 35.9 Å². The number of imide groups is 1. The maximum atomic E-state index is 12.6. The number of nitrogens with zero attached hydrogens (tertiary/aromatic N) is 1. The van der Waals surface area contributed by atoms with E-state index in [4.69, 9.17) is 4.74 Å². The van der Waals surface area contributed by atoms with Crippen molar-refractivity contribution in [3.63, 3.8) is 0 Å². The first kappa shape index (κ1) is 19.1. The lowest BCUT2D eigenvalue weighted by Gasteiger charge is -2.21. The van der Waals surface area contributed by atoms with Gasteiger partial charge in [-0.15, -0.1) is 0 Å². The minimum Gasteiger partial charge on any atom is -0.495 e. The molecule has 0 saturated carbocycles. The predicted molar refractivity (Wildman–Crippen MR) is 102 cm³/mol. The van der Waals surface area contributed by atoms with E-state index in [1.165, 1.54) is 7.11 Å². The standard InChI is InChI=1S/C21H26N2O4/c1-21(2,3)13-9-10-17(27-4)16(11-13)22-18(24)12-23-19(25)14-7-5-6-8-15(14)20(23)26/h5-6,9-11,14-15H,7-8,12H2,1-4H3,(H,22,24)/t14-,15+. The average molecular weight is 370 g/mol. The molecule has 1 heterocycles. The average Bonchev–Trinajstić information content (AvgIpc) is 2.86. The van der Waals surface area contributed by atoms with Gasteiger partial charge in [0.15, 0.2) is 0 Å². The molecule has 0 spiro atoms. The number of carbonyl (C=O) groups excluding carboxylic acids is 3. The van der Waals surface area contributed by atoms with E-state index in [0.29, 0.717) is 24.3 Å². The van der Waals surface area contributed by atoms with Crippen molar-refractivity contribution in [2.45, 2.75) is 39.0 Å². The molecule has 3 rings (SSSR count). The van der Waals surface area contributed by atoms with Gasteiger partial charge in [-0.25, -0.2) is 0 Å². The molecule has 1 aliphatic carbocycles. The van der Waals surface area contributed by atoms with Crippen molar-refractivity contribution in [3.8, 4) is 5.75 Å². The lowest BCUT2D eigenvalue weighted by atomic mass is 9.85. The third-order valence-electron chi connectivity index (χ3n) is 5.24. The number of ether oxygens (including phenoxy) is 1. The molecule has 1 fully saturated rings. The molecule has 27 heavy (non-hydrogen) atoms. The number of hydrogen-bond donors (Lipinski definition) is 1. The molecule has 0 unspecified atom stereocenters. The van der Waals surface area contributed by atoms with Crippen molar-refractivity contribution in [1.82, 2.24) is 4.90 Å². The van der Waals surface area contributed by atoms with E-state index in [-0.39, 0.29) is 35.6 Å². The molecule has 6 nitrogen and oxygen atoms in total. The fourth-order valence-electron chi connectivity index (χ4n) is 3.63. The number of likely N-dealkylation sites (tertiary alicyclic amines) is 1. The molecule has 1 aromatic rings. The van der Waals surface area contributed by atoms with Crippen LogP contribution in [0.3, 0.4) is 0 Å². The monoisotopic (exact) mass is 370 g/mol. The molecule has 1 aliphatic heterocycles. The predicted octanol–water partition coefficient (Wildman–Crippen LogP) is 2.88. The minimum atomic E-state index is -0.410. The summed E-state index contributed by atoms with van der Waals surface area (Å²) in [5, 5.41) is 2.80. The number of benzene rings is 1. The fourth-order valence-corrected chi connectivity index (χ4v) is 3.63. The van der Waals surface area contributed by atoms with Crippen LogP contribution < -0.4 is 10.1 Å². The molecular formula is C21H26N2O4. The zero-order valence-electron chi connectivity index (χ0n) is 16.2. The SMILES string of the molecule is COc1ccc(C(C)(C)C)cc1NC(=O)CN1C(=O)[C@H]2CC=CC[C@H]2C1=O. The van der Waals surface area contributed by atoms with Crippen LogP contribution in [0.2, 0.25) is 0 Å². The molecule has 0 bridgehead atoms. The van der Waals surface area contributed by atoms with Gasteiger partial charge in [0.25, 0.3) is 0 Å². The molecule has 144 valence electrons. The van der Waals surface area contributed by atoms with Gasteiger partial charge in [0.2, 0.25) is 17.7 Å². The Hall–Kier alpha value is -2.63. The molecule has 3 amide bonds. The summed E-state index contributed by atoms with van der Waals surface area (Å²) in [4.78, 5) is 38.7. The highest BCUT2D eigenvalue weighted by atomic mass is 16.5. The summed E-state index contributed by atoms with van der Waals surface area (Å²) >= 11 is 0. The summed E-state index contributed by atoms with van der Waals surface area (Å²) in [5.41, 5.74) is 1.49. The van der Waals surface area contributed by atoms with Crippen LogP contribution in [0.5, 0.6) is 5.75 Å². The van der Waals surface area contributed by atoms with Crippen molar-refractivity contribution < 1.29 is 19.1 Å². The van der Waals surface area contributed by atoms with Gasteiger partial charge in [-0.05, 0) is 36.0 Å². The third-order valence-corrected chi connectivity index (χ3v) is 5.24. The van der Waals surface area contributed by atoms with Crippen molar-refractivity contribution in [2.75, 3.05) is 19.0 Å². The highest BCUT2D eigenvalue weighted by molar-refractivity contribution is 6.09. The van der Waals surface area contributed by atoms with Gasteiger partial charge in [-0.3, -0.25) is 19.3 Å². The van der Waals surface area contributed by atoms with E-state index in [2.05, 4.69) is 26.1 Å². The molecule has 1 N–H and O–H groups in total. The molecule has 0 aromatic heterocycles. The Bertz CT molecular complexity index is 781. The minimum absolute atomic E-state index is 0.0880. The first-order valence-corrected chi connectivity index (χ1v) is 9.21. The van der Waals surface area contributed by atoms with Crippen molar-refractivity contribution >= 4 is 23.4 Å². The van der Waals surface area contributed by atoms with Gasteiger partial charge in [-0.2, -0.15) is 0 Å². The largest absolute Gasteiger partial charge is 0.495 e. The number of methoxy groups -OCH3 is 1. The van der Waals surface area contributed by atoms with Crippen LogP contribution in [0, 0.1) is 11.8 Å². The van der Waals surface area contributed by atoms with Crippen molar-refractivity contribution in [2.24, 2.45) is 11.8 Å². The lowest BCUT2D eigenvalue weighted by molar-refractivity contribution is -0.142. The number of anilines is 1. The van der Waals surface area contributed by atoms with Crippen LogP contribution in [-0.4, -0.2) is 36.3 Å². The molecular weight excluding hydrogens is 344 g/mol. The Morgan fingerprint density at radius 2 is 1.74 bits per heavy atom. The quantitative estimate of drug-likeness (QED) is 0.653. The lowest BCUT2D eigenvalue weighted by Crippen LogP contribution is -2.38. The highest BCUT2D eigenvalue weighted by Gasteiger charge is 2.47. The summed E-state index contributed by atoms with van der Waals surface area (Å²) < 4.78 is 5.33.